The summed E-state index contributed by atoms with van der Waals surface area (Å²) in [5.41, 5.74) is 6.83. The van der Waals surface area contributed by atoms with Crippen molar-refractivity contribution in [3.05, 3.63) is 29.6 Å². The van der Waals surface area contributed by atoms with E-state index in [1.165, 1.54) is 6.07 Å². The monoisotopic (exact) mass is 154 g/mol. The topological polar surface area (TPSA) is 56.4 Å². The summed E-state index contributed by atoms with van der Waals surface area (Å²) in [6.07, 6.45) is 0. The lowest BCUT2D eigenvalue weighted by Crippen LogP contribution is -1.83. The SMILES string of the molecule is N=NCc1cc(F)ccc1O. The van der Waals surface area contributed by atoms with Gasteiger partial charge in [0.05, 0.1) is 6.54 Å². The molecule has 0 spiro atoms. The normalized spacial score (nSPS) is 9.55. The zero-order chi connectivity index (χ0) is 8.27. The minimum atomic E-state index is -0.429. The van der Waals surface area contributed by atoms with Crippen LogP contribution in [0.4, 0.5) is 4.39 Å². The van der Waals surface area contributed by atoms with Crippen molar-refractivity contribution < 1.29 is 9.50 Å². The standard InChI is InChI=1S/C7H7FN2O/c8-6-1-2-7(11)5(3-6)4-10-9/h1-3,9,11H,4H2. The van der Waals surface area contributed by atoms with Crippen molar-refractivity contribution in [1.82, 2.24) is 0 Å². The molecule has 0 radical (unpaired) electrons. The summed E-state index contributed by atoms with van der Waals surface area (Å²) in [5.74, 6) is -0.455. The van der Waals surface area contributed by atoms with Gasteiger partial charge in [-0.2, -0.15) is 5.11 Å². The maximum Gasteiger partial charge on any atom is 0.123 e. The molecule has 1 aromatic carbocycles. The minimum Gasteiger partial charge on any atom is -0.508 e. The molecule has 0 aliphatic carbocycles. The molecule has 0 saturated heterocycles. The summed E-state index contributed by atoms with van der Waals surface area (Å²) in [6, 6.07) is 3.56. The molecule has 0 bridgehead atoms. The highest BCUT2D eigenvalue weighted by molar-refractivity contribution is 5.32. The van der Waals surface area contributed by atoms with Crippen molar-refractivity contribution in [1.29, 1.82) is 5.53 Å². The number of hydrogen-bond acceptors (Lipinski definition) is 3. The van der Waals surface area contributed by atoms with Crippen molar-refractivity contribution in [2.24, 2.45) is 5.11 Å². The summed E-state index contributed by atoms with van der Waals surface area (Å²) in [6.45, 7) is 0.0175. The molecule has 0 aliphatic rings. The fraction of sp³-hybridized carbons (Fsp3) is 0.143. The van der Waals surface area contributed by atoms with Crippen molar-refractivity contribution in [2.75, 3.05) is 0 Å². The summed E-state index contributed by atoms with van der Waals surface area (Å²) < 4.78 is 12.5. The molecule has 0 unspecified atom stereocenters. The van der Waals surface area contributed by atoms with Gasteiger partial charge in [-0.25, -0.2) is 9.92 Å². The summed E-state index contributed by atoms with van der Waals surface area (Å²) in [5, 5.41) is 12.1. The van der Waals surface area contributed by atoms with E-state index in [0.29, 0.717) is 5.56 Å². The zero-order valence-corrected chi connectivity index (χ0v) is 5.71. The molecule has 11 heavy (non-hydrogen) atoms. The van der Waals surface area contributed by atoms with Gasteiger partial charge in [0.15, 0.2) is 0 Å². The Bertz CT molecular complexity index is 275. The Morgan fingerprint density at radius 3 is 2.91 bits per heavy atom. The Hall–Kier alpha value is -1.45. The van der Waals surface area contributed by atoms with E-state index in [2.05, 4.69) is 5.11 Å². The average Bonchev–Trinajstić information content (AvgIpc) is 1.98. The van der Waals surface area contributed by atoms with Crippen LogP contribution >= 0.6 is 0 Å². The first-order valence-electron chi connectivity index (χ1n) is 3.04. The summed E-state index contributed by atoms with van der Waals surface area (Å²) >= 11 is 0. The van der Waals surface area contributed by atoms with Crippen LogP contribution < -0.4 is 0 Å². The number of benzene rings is 1. The van der Waals surface area contributed by atoms with Gasteiger partial charge in [-0.1, -0.05) is 0 Å². The minimum absolute atomic E-state index is 0.0175. The third-order valence-electron chi connectivity index (χ3n) is 1.29. The Morgan fingerprint density at radius 1 is 1.55 bits per heavy atom. The predicted molar refractivity (Wildman–Crippen MR) is 36.9 cm³/mol. The van der Waals surface area contributed by atoms with Crippen LogP contribution in [0.2, 0.25) is 0 Å². The van der Waals surface area contributed by atoms with Crippen LogP contribution in [-0.2, 0) is 6.54 Å². The van der Waals surface area contributed by atoms with Gasteiger partial charge < -0.3 is 5.11 Å². The van der Waals surface area contributed by atoms with Crippen molar-refractivity contribution in [3.8, 4) is 5.75 Å². The average molecular weight is 154 g/mol. The molecule has 0 fully saturated rings. The van der Waals surface area contributed by atoms with Crippen LogP contribution in [0.15, 0.2) is 23.3 Å². The lowest BCUT2D eigenvalue weighted by atomic mass is 10.2. The van der Waals surface area contributed by atoms with Crippen LogP contribution in [0.25, 0.3) is 0 Å². The van der Waals surface area contributed by atoms with E-state index in [1.54, 1.807) is 0 Å². The third-order valence-corrected chi connectivity index (χ3v) is 1.29. The van der Waals surface area contributed by atoms with Gasteiger partial charge in [0.2, 0.25) is 0 Å². The molecule has 0 aromatic heterocycles. The number of phenolic OH excluding ortho intramolecular Hbond substituents is 1. The Labute approximate surface area is 63.0 Å². The van der Waals surface area contributed by atoms with Crippen LogP contribution in [-0.4, -0.2) is 5.11 Å². The molecule has 0 amide bonds. The van der Waals surface area contributed by atoms with Gasteiger partial charge in [0.25, 0.3) is 0 Å². The van der Waals surface area contributed by atoms with Crippen molar-refractivity contribution >= 4 is 0 Å². The summed E-state index contributed by atoms with van der Waals surface area (Å²) in [4.78, 5) is 0. The van der Waals surface area contributed by atoms with Gasteiger partial charge in [0, 0.05) is 5.56 Å². The second-order valence-electron chi connectivity index (χ2n) is 2.09. The van der Waals surface area contributed by atoms with E-state index in [4.69, 9.17) is 10.6 Å². The van der Waals surface area contributed by atoms with E-state index >= 15 is 0 Å². The molecule has 58 valence electrons. The smallest absolute Gasteiger partial charge is 0.123 e. The molecule has 0 atom stereocenters. The molecule has 3 nitrogen and oxygen atoms in total. The van der Waals surface area contributed by atoms with Crippen LogP contribution in [0, 0.1) is 11.3 Å². The highest BCUT2D eigenvalue weighted by atomic mass is 19.1. The maximum absolute atomic E-state index is 12.5. The molecule has 0 aliphatic heterocycles. The summed E-state index contributed by atoms with van der Waals surface area (Å²) in [7, 11) is 0. The number of nitrogens with one attached hydrogen (secondary N) is 1. The second-order valence-corrected chi connectivity index (χ2v) is 2.09. The molecule has 1 rings (SSSR count). The second kappa shape index (κ2) is 3.09. The molecule has 0 heterocycles. The number of halogens is 1. The van der Waals surface area contributed by atoms with Gasteiger partial charge in [-0.15, -0.1) is 0 Å². The largest absolute Gasteiger partial charge is 0.508 e. The lowest BCUT2D eigenvalue weighted by Gasteiger charge is -1.98. The van der Waals surface area contributed by atoms with E-state index in [1.807, 2.05) is 0 Å². The van der Waals surface area contributed by atoms with E-state index in [-0.39, 0.29) is 12.3 Å². The van der Waals surface area contributed by atoms with Crippen molar-refractivity contribution in [2.45, 2.75) is 6.54 Å². The van der Waals surface area contributed by atoms with Gasteiger partial charge >= 0.3 is 0 Å². The highest BCUT2D eigenvalue weighted by Gasteiger charge is 2.00. The van der Waals surface area contributed by atoms with Crippen LogP contribution in [0.1, 0.15) is 5.56 Å². The van der Waals surface area contributed by atoms with Crippen LogP contribution in [0.3, 0.4) is 0 Å². The van der Waals surface area contributed by atoms with Crippen molar-refractivity contribution in [3.63, 3.8) is 0 Å². The predicted octanol–water partition coefficient (Wildman–Crippen LogP) is 2.06. The van der Waals surface area contributed by atoms with Gasteiger partial charge in [0.1, 0.15) is 11.6 Å². The lowest BCUT2D eigenvalue weighted by molar-refractivity contribution is 0.465. The maximum atomic E-state index is 12.5. The molecule has 2 N–H and O–H groups in total. The first-order chi connectivity index (χ1) is 5.24. The first kappa shape index (κ1) is 7.65. The molecule has 4 heteroatoms. The first-order valence-corrected chi connectivity index (χ1v) is 3.04. The molecule has 1 aromatic rings. The Balaban J connectivity index is 3.01. The van der Waals surface area contributed by atoms with E-state index < -0.39 is 5.82 Å². The quantitative estimate of drug-likeness (QED) is 0.629. The Kier molecular flexibility index (Phi) is 2.15. The number of rotatable bonds is 2. The highest BCUT2D eigenvalue weighted by Crippen LogP contribution is 2.18. The number of hydrogen-bond donors (Lipinski definition) is 2. The van der Waals surface area contributed by atoms with Gasteiger partial charge in [-0.3, -0.25) is 0 Å². The number of phenols is 1. The fourth-order valence-corrected chi connectivity index (χ4v) is 0.766. The molecular weight excluding hydrogens is 147 g/mol. The molecule has 0 saturated carbocycles. The van der Waals surface area contributed by atoms with Gasteiger partial charge in [-0.05, 0) is 18.2 Å². The molecular formula is C7H7FN2O. The van der Waals surface area contributed by atoms with Crippen LogP contribution in [0.5, 0.6) is 5.75 Å². The van der Waals surface area contributed by atoms with E-state index in [0.717, 1.165) is 12.1 Å². The third kappa shape index (κ3) is 1.73. The zero-order valence-electron chi connectivity index (χ0n) is 5.71. The number of nitrogens with zero attached hydrogens (tertiary/aromatic N) is 1. The fourth-order valence-electron chi connectivity index (χ4n) is 0.766. The Morgan fingerprint density at radius 2 is 2.27 bits per heavy atom. The van der Waals surface area contributed by atoms with E-state index in [9.17, 15) is 4.39 Å². The number of aromatic hydroxyl groups is 1.